The zero-order valence-corrected chi connectivity index (χ0v) is 12.7. The van der Waals surface area contributed by atoms with Crippen molar-refractivity contribution in [3.63, 3.8) is 0 Å². The molecule has 0 saturated heterocycles. The first-order chi connectivity index (χ1) is 10.2. The highest BCUT2D eigenvalue weighted by Gasteiger charge is 2.03. The quantitative estimate of drug-likeness (QED) is 0.821. The molecule has 2 rings (SSSR count). The predicted molar refractivity (Wildman–Crippen MR) is 85.1 cm³/mol. The van der Waals surface area contributed by atoms with Crippen molar-refractivity contribution in [3.05, 3.63) is 59.4 Å². The molecule has 0 unspecified atom stereocenters. The van der Waals surface area contributed by atoms with Crippen molar-refractivity contribution >= 4 is 5.91 Å². The Kier molecular flexibility index (Phi) is 5.58. The second-order valence-electron chi connectivity index (χ2n) is 5.07. The minimum absolute atomic E-state index is 0.0492. The van der Waals surface area contributed by atoms with E-state index < -0.39 is 0 Å². The molecule has 0 fully saturated rings. The molecule has 0 radical (unpaired) electrons. The SMILES string of the molecule is CCCn1cccc1CNCc1ccc(C(=O)NC)cc1. The highest BCUT2D eigenvalue weighted by atomic mass is 16.1. The van der Waals surface area contributed by atoms with Crippen LogP contribution in [0.5, 0.6) is 0 Å². The number of nitrogens with zero attached hydrogens (tertiary/aromatic N) is 1. The summed E-state index contributed by atoms with van der Waals surface area (Å²) in [5, 5.41) is 6.07. The van der Waals surface area contributed by atoms with Crippen molar-refractivity contribution in [2.75, 3.05) is 7.05 Å². The molecule has 4 heteroatoms. The van der Waals surface area contributed by atoms with Crippen molar-refractivity contribution in [1.29, 1.82) is 0 Å². The Hall–Kier alpha value is -2.07. The van der Waals surface area contributed by atoms with Crippen molar-refractivity contribution in [2.24, 2.45) is 0 Å². The first-order valence-corrected chi connectivity index (χ1v) is 7.40. The van der Waals surface area contributed by atoms with E-state index in [-0.39, 0.29) is 5.91 Å². The highest BCUT2D eigenvalue weighted by Crippen LogP contribution is 2.06. The minimum atomic E-state index is -0.0492. The molecule has 112 valence electrons. The van der Waals surface area contributed by atoms with E-state index in [1.54, 1.807) is 7.05 Å². The van der Waals surface area contributed by atoms with Gasteiger partial charge in [0.25, 0.3) is 5.91 Å². The standard InChI is InChI=1S/C17H23N3O/c1-3-10-20-11-4-5-16(20)13-19-12-14-6-8-15(9-7-14)17(21)18-2/h4-9,11,19H,3,10,12-13H2,1-2H3,(H,18,21). The molecule has 0 aliphatic rings. The van der Waals surface area contributed by atoms with Gasteiger partial charge in [-0.15, -0.1) is 0 Å². The van der Waals surface area contributed by atoms with Crippen LogP contribution in [0, 0.1) is 0 Å². The maximum Gasteiger partial charge on any atom is 0.251 e. The van der Waals surface area contributed by atoms with Gasteiger partial charge in [-0.3, -0.25) is 4.79 Å². The average molecular weight is 285 g/mol. The lowest BCUT2D eigenvalue weighted by Crippen LogP contribution is -2.18. The molecule has 0 spiro atoms. The second-order valence-corrected chi connectivity index (χ2v) is 5.07. The van der Waals surface area contributed by atoms with Crippen LogP contribution in [-0.4, -0.2) is 17.5 Å². The lowest BCUT2D eigenvalue weighted by Gasteiger charge is -2.09. The summed E-state index contributed by atoms with van der Waals surface area (Å²) in [6.45, 7) is 4.89. The van der Waals surface area contributed by atoms with Gasteiger partial charge in [-0.25, -0.2) is 0 Å². The first-order valence-electron chi connectivity index (χ1n) is 7.40. The molecule has 0 saturated carbocycles. The Morgan fingerprint density at radius 1 is 1.14 bits per heavy atom. The van der Waals surface area contributed by atoms with Gasteiger partial charge in [-0.1, -0.05) is 19.1 Å². The van der Waals surface area contributed by atoms with Gasteiger partial charge < -0.3 is 15.2 Å². The third kappa shape index (κ3) is 4.20. The van der Waals surface area contributed by atoms with E-state index in [1.165, 1.54) is 11.3 Å². The van der Waals surface area contributed by atoms with E-state index in [0.717, 1.165) is 26.1 Å². The van der Waals surface area contributed by atoms with E-state index >= 15 is 0 Å². The summed E-state index contributed by atoms with van der Waals surface area (Å²) in [7, 11) is 1.64. The van der Waals surface area contributed by atoms with Crippen LogP contribution in [0.25, 0.3) is 0 Å². The summed E-state index contributed by atoms with van der Waals surface area (Å²) in [4.78, 5) is 11.5. The molecule has 4 nitrogen and oxygen atoms in total. The fourth-order valence-corrected chi connectivity index (χ4v) is 2.32. The molecule has 1 heterocycles. The third-order valence-electron chi connectivity index (χ3n) is 3.47. The van der Waals surface area contributed by atoms with Gasteiger partial charge in [-0.05, 0) is 36.2 Å². The number of carbonyl (C=O) groups excluding carboxylic acids is 1. The highest BCUT2D eigenvalue weighted by molar-refractivity contribution is 5.93. The number of aromatic nitrogens is 1. The molecule has 1 amide bonds. The number of benzene rings is 1. The van der Waals surface area contributed by atoms with E-state index in [9.17, 15) is 4.79 Å². The fraction of sp³-hybridized carbons (Fsp3) is 0.353. The van der Waals surface area contributed by atoms with Gasteiger partial charge in [-0.2, -0.15) is 0 Å². The van der Waals surface area contributed by atoms with Crippen molar-refractivity contribution in [3.8, 4) is 0 Å². The first kappa shape index (κ1) is 15.3. The van der Waals surface area contributed by atoms with Crippen molar-refractivity contribution in [1.82, 2.24) is 15.2 Å². The Morgan fingerprint density at radius 3 is 2.57 bits per heavy atom. The monoisotopic (exact) mass is 285 g/mol. The topological polar surface area (TPSA) is 46.1 Å². The lowest BCUT2D eigenvalue weighted by atomic mass is 10.1. The number of aryl methyl sites for hydroxylation is 1. The van der Waals surface area contributed by atoms with Crippen LogP contribution in [0.3, 0.4) is 0 Å². The van der Waals surface area contributed by atoms with E-state index in [2.05, 4.69) is 40.5 Å². The molecular formula is C17H23N3O. The Balaban J connectivity index is 1.85. The van der Waals surface area contributed by atoms with Crippen LogP contribution in [0.4, 0.5) is 0 Å². The molecule has 2 N–H and O–H groups in total. The van der Waals surface area contributed by atoms with Crippen molar-refractivity contribution in [2.45, 2.75) is 33.0 Å². The Morgan fingerprint density at radius 2 is 1.90 bits per heavy atom. The van der Waals surface area contributed by atoms with Crippen LogP contribution < -0.4 is 10.6 Å². The van der Waals surface area contributed by atoms with E-state index in [4.69, 9.17) is 0 Å². The zero-order chi connectivity index (χ0) is 15.1. The van der Waals surface area contributed by atoms with Gasteiger partial charge in [0, 0.05) is 44.1 Å². The normalized spacial score (nSPS) is 10.6. The number of amides is 1. The number of rotatable bonds is 7. The maximum absolute atomic E-state index is 11.5. The summed E-state index contributed by atoms with van der Waals surface area (Å²) in [6.07, 6.45) is 3.27. The molecule has 1 aromatic carbocycles. The lowest BCUT2D eigenvalue weighted by molar-refractivity contribution is 0.0963. The maximum atomic E-state index is 11.5. The minimum Gasteiger partial charge on any atom is -0.355 e. The van der Waals surface area contributed by atoms with E-state index in [1.807, 2.05) is 24.3 Å². The third-order valence-corrected chi connectivity index (χ3v) is 3.47. The molecular weight excluding hydrogens is 262 g/mol. The average Bonchev–Trinajstić information content (AvgIpc) is 2.95. The molecule has 0 aliphatic heterocycles. The largest absolute Gasteiger partial charge is 0.355 e. The van der Waals surface area contributed by atoms with E-state index in [0.29, 0.717) is 5.56 Å². The summed E-state index contributed by atoms with van der Waals surface area (Å²) < 4.78 is 2.28. The Labute approximate surface area is 126 Å². The van der Waals surface area contributed by atoms with Crippen LogP contribution in [0.1, 0.15) is 35.0 Å². The fourth-order valence-electron chi connectivity index (χ4n) is 2.32. The number of carbonyl (C=O) groups is 1. The number of hydrogen-bond donors (Lipinski definition) is 2. The van der Waals surface area contributed by atoms with Crippen molar-refractivity contribution < 1.29 is 4.79 Å². The van der Waals surface area contributed by atoms with Crippen LogP contribution in [0.2, 0.25) is 0 Å². The number of hydrogen-bond acceptors (Lipinski definition) is 2. The second kappa shape index (κ2) is 7.64. The van der Waals surface area contributed by atoms with Gasteiger partial charge in [0.05, 0.1) is 0 Å². The number of nitrogens with one attached hydrogen (secondary N) is 2. The smallest absolute Gasteiger partial charge is 0.251 e. The van der Waals surface area contributed by atoms with Gasteiger partial charge >= 0.3 is 0 Å². The Bertz CT molecular complexity index is 572. The molecule has 1 aromatic heterocycles. The molecule has 0 aliphatic carbocycles. The summed E-state index contributed by atoms with van der Waals surface area (Å²) in [5.41, 5.74) is 3.17. The van der Waals surface area contributed by atoms with Crippen LogP contribution in [-0.2, 0) is 19.6 Å². The van der Waals surface area contributed by atoms with Crippen LogP contribution in [0.15, 0.2) is 42.6 Å². The summed E-state index contributed by atoms with van der Waals surface area (Å²) in [5.74, 6) is -0.0492. The molecule has 0 atom stereocenters. The summed E-state index contributed by atoms with van der Waals surface area (Å²) >= 11 is 0. The predicted octanol–water partition coefficient (Wildman–Crippen LogP) is 2.55. The molecule has 2 aromatic rings. The van der Waals surface area contributed by atoms with Crippen LogP contribution >= 0.6 is 0 Å². The zero-order valence-electron chi connectivity index (χ0n) is 12.7. The van der Waals surface area contributed by atoms with Gasteiger partial charge in [0.1, 0.15) is 0 Å². The van der Waals surface area contributed by atoms with Gasteiger partial charge in [0.2, 0.25) is 0 Å². The molecule has 21 heavy (non-hydrogen) atoms. The van der Waals surface area contributed by atoms with Gasteiger partial charge in [0.15, 0.2) is 0 Å². The molecule has 0 bridgehead atoms. The summed E-state index contributed by atoms with van der Waals surface area (Å²) in [6, 6.07) is 11.9.